The largest absolute Gasteiger partial charge is 0.410 e. The molecule has 1 aliphatic carbocycles. The van der Waals surface area contributed by atoms with Crippen LogP contribution < -0.4 is 5.73 Å². The second-order valence-corrected chi connectivity index (χ2v) is 13.3. The molecule has 159 valence electrons. The summed E-state index contributed by atoms with van der Waals surface area (Å²) in [6.07, 6.45) is 8.40. The second kappa shape index (κ2) is 9.34. The van der Waals surface area contributed by atoms with Gasteiger partial charge in [-0.15, -0.1) is 0 Å². The van der Waals surface area contributed by atoms with Crippen molar-refractivity contribution in [1.82, 2.24) is 0 Å². The van der Waals surface area contributed by atoms with Gasteiger partial charge < -0.3 is 10.2 Å². The summed E-state index contributed by atoms with van der Waals surface area (Å²) in [6.45, 7) is 18.4. The molecule has 0 heterocycles. The van der Waals surface area contributed by atoms with Gasteiger partial charge in [-0.25, -0.2) is 0 Å². The molecule has 3 heteroatoms. The highest BCUT2D eigenvalue weighted by molar-refractivity contribution is 6.48. The summed E-state index contributed by atoms with van der Waals surface area (Å²) in [6, 6.07) is 6.72. The lowest BCUT2D eigenvalue weighted by Crippen LogP contribution is -2.33. The molecule has 1 aliphatic rings. The summed E-state index contributed by atoms with van der Waals surface area (Å²) in [7, 11) is -0.816. The lowest BCUT2D eigenvalue weighted by Gasteiger charge is -2.41. The van der Waals surface area contributed by atoms with Crippen LogP contribution in [0.2, 0.25) is 13.1 Å². The van der Waals surface area contributed by atoms with Gasteiger partial charge in [-0.2, -0.15) is 0 Å². The van der Waals surface area contributed by atoms with Crippen LogP contribution in [0.3, 0.4) is 0 Å². The fourth-order valence-corrected chi connectivity index (χ4v) is 5.60. The normalized spacial score (nSPS) is 19.0. The maximum atomic E-state index is 6.69. The second-order valence-electron chi connectivity index (χ2n) is 11.3. The van der Waals surface area contributed by atoms with E-state index in [2.05, 4.69) is 72.8 Å². The Morgan fingerprint density at radius 2 is 1.64 bits per heavy atom. The van der Waals surface area contributed by atoms with Crippen LogP contribution in [0.15, 0.2) is 18.2 Å². The van der Waals surface area contributed by atoms with Crippen molar-refractivity contribution in [3.8, 4) is 0 Å². The topological polar surface area (TPSA) is 35.2 Å². The highest BCUT2D eigenvalue weighted by Gasteiger charge is 2.36. The number of hydrogen-bond acceptors (Lipinski definition) is 2. The van der Waals surface area contributed by atoms with Gasteiger partial charge in [0, 0.05) is 5.69 Å². The summed E-state index contributed by atoms with van der Waals surface area (Å²) in [4.78, 5) is 0. The third kappa shape index (κ3) is 6.35. The Morgan fingerprint density at radius 1 is 1.04 bits per heavy atom. The first-order chi connectivity index (χ1) is 12.9. The molecule has 0 amide bonds. The molecule has 2 atom stereocenters. The van der Waals surface area contributed by atoms with Crippen LogP contribution in [-0.2, 0) is 9.84 Å². The Kier molecular flexibility index (Phi) is 7.83. The maximum absolute atomic E-state index is 6.69. The van der Waals surface area contributed by atoms with Gasteiger partial charge in [-0.3, -0.25) is 0 Å². The van der Waals surface area contributed by atoms with Crippen molar-refractivity contribution < 1.29 is 4.43 Å². The minimum absolute atomic E-state index is 0.0644. The van der Waals surface area contributed by atoms with E-state index in [1.54, 1.807) is 0 Å². The Hall–Kier alpha value is -0.803. The standard InChI is InChI=1S/C25H44NOSi/c1-24(2,3)20-15-14-19(17-22(20)26)23(27-28(7)8)21(25(4,5)6)16-18-12-10-9-11-13-18/h14-15,17-18,21,23H,9-13,16,26H2,1-8H3. The third-order valence-corrected chi connectivity index (χ3v) is 7.09. The maximum Gasteiger partial charge on any atom is 0.205 e. The number of nitrogen functional groups attached to an aromatic ring is 1. The van der Waals surface area contributed by atoms with Gasteiger partial charge in [0.15, 0.2) is 0 Å². The fraction of sp³-hybridized carbons (Fsp3) is 0.760. The summed E-state index contributed by atoms with van der Waals surface area (Å²) >= 11 is 0. The average molecular weight is 403 g/mol. The van der Waals surface area contributed by atoms with E-state index in [1.807, 2.05) is 0 Å². The van der Waals surface area contributed by atoms with Crippen LogP contribution in [0.5, 0.6) is 0 Å². The fourth-order valence-electron chi connectivity index (χ4n) is 4.79. The molecule has 0 saturated heterocycles. The highest BCUT2D eigenvalue weighted by atomic mass is 28.3. The average Bonchev–Trinajstić information content (AvgIpc) is 2.56. The van der Waals surface area contributed by atoms with Crippen LogP contribution >= 0.6 is 0 Å². The molecule has 2 rings (SSSR count). The summed E-state index contributed by atoms with van der Waals surface area (Å²) in [5.74, 6) is 1.36. The monoisotopic (exact) mass is 402 g/mol. The summed E-state index contributed by atoms with van der Waals surface area (Å²) in [5.41, 5.74) is 10.2. The Morgan fingerprint density at radius 3 is 2.11 bits per heavy atom. The molecule has 2 unspecified atom stereocenters. The van der Waals surface area contributed by atoms with Crippen LogP contribution in [0, 0.1) is 17.3 Å². The summed E-state index contributed by atoms with van der Waals surface area (Å²) < 4.78 is 6.69. The quantitative estimate of drug-likeness (QED) is 0.394. The van der Waals surface area contributed by atoms with Crippen LogP contribution in [0.4, 0.5) is 5.69 Å². The Labute approximate surface area is 176 Å². The molecule has 0 bridgehead atoms. The van der Waals surface area contributed by atoms with Crippen molar-refractivity contribution in [2.24, 2.45) is 17.3 Å². The first-order valence-electron chi connectivity index (χ1n) is 11.3. The lowest BCUT2D eigenvalue weighted by atomic mass is 9.69. The zero-order valence-corrected chi connectivity index (χ0v) is 20.7. The Balaban J connectivity index is 2.39. The Bertz CT molecular complexity index is 620. The van der Waals surface area contributed by atoms with Gasteiger partial charge in [0.1, 0.15) is 0 Å². The molecule has 2 nitrogen and oxygen atoms in total. The van der Waals surface area contributed by atoms with Crippen LogP contribution in [-0.4, -0.2) is 9.04 Å². The van der Waals surface area contributed by atoms with Crippen molar-refractivity contribution >= 4 is 14.7 Å². The molecular formula is C25H44NOSi. The molecule has 1 radical (unpaired) electrons. The number of rotatable bonds is 6. The van der Waals surface area contributed by atoms with Gasteiger partial charge in [0.25, 0.3) is 0 Å². The van der Waals surface area contributed by atoms with Crippen molar-refractivity contribution in [3.63, 3.8) is 0 Å². The number of anilines is 1. The van der Waals surface area contributed by atoms with E-state index in [1.165, 1.54) is 49.7 Å². The smallest absolute Gasteiger partial charge is 0.205 e. The highest BCUT2D eigenvalue weighted by Crippen LogP contribution is 2.46. The van der Waals surface area contributed by atoms with Crippen molar-refractivity contribution in [1.29, 1.82) is 0 Å². The van der Waals surface area contributed by atoms with Gasteiger partial charge in [0.05, 0.1) is 6.10 Å². The van der Waals surface area contributed by atoms with Crippen LogP contribution in [0.25, 0.3) is 0 Å². The molecule has 0 aromatic heterocycles. The van der Waals surface area contributed by atoms with E-state index in [0.717, 1.165) is 11.6 Å². The van der Waals surface area contributed by atoms with E-state index in [9.17, 15) is 0 Å². The summed E-state index contributed by atoms with van der Waals surface area (Å²) in [5, 5.41) is 0. The molecule has 0 aliphatic heterocycles. The van der Waals surface area contributed by atoms with Crippen molar-refractivity contribution in [3.05, 3.63) is 29.3 Å². The molecule has 28 heavy (non-hydrogen) atoms. The predicted octanol–water partition coefficient (Wildman–Crippen LogP) is 7.51. The van der Waals surface area contributed by atoms with Crippen LogP contribution in [0.1, 0.15) is 97.3 Å². The molecule has 1 aromatic rings. The van der Waals surface area contributed by atoms with E-state index >= 15 is 0 Å². The van der Waals surface area contributed by atoms with E-state index in [-0.39, 0.29) is 16.9 Å². The minimum Gasteiger partial charge on any atom is -0.410 e. The van der Waals surface area contributed by atoms with Crippen molar-refractivity contribution in [2.75, 3.05) is 5.73 Å². The number of benzene rings is 1. The zero-order valence-electron chi connectivity index (χ0n) is 19.7. The minimum atomic E-state index is -0.816. The molecule has 1 saturated carbocycles. The lowest BCUT2D eigenvalue weighted by molar-refractivity contribution is 0.0378. The molecule has 0 spiro atoms. The molecule has 2 N–H and O–H groups in total. The van der Waals surface area contributed by atoms with Gasteiger partial charge in [0.2, 0.25) is 9.04 Å². The zero-order chi connectivity index (χ0) is 21.1. The van der Waals surface area contributed by atoms with E-state index in [4.69, 9.17) is 10.2 Å². The predicted molar refractivity (Wildman–Crippen MR) is 125 cm³/mol. The van der Waals surface area contributed by atoms with Gasteiger partial charge >= 0.3 is 0 Å². The molecule has 1 aromatic carbocycles. The SMILES string of the molecule is C[Si](C)OC(c1ccc(C(C)(C)C)c(N)c1)C(CC1CCCCC1)C(C)(C)C. The molecule has 1 fully saturated rings. The third-order valence-electron chi connectivity index (χ3n) is 6.36. The van der Waals surface area contributed by atoms with E-state index in [0.29, 0.717) is 5.92 Å². The van der Waals surface area contributed by atoms with Gasteiger partial charge in [-0.05, 0) is 59.4 Å². The number of nitrogens with two attached hydrogens (primary N) is 1. The molecular weight excluding hydrogens is 358 g/mol. The van der Waals surface area contributed by atoms with Gasteiger partial charge in [-0.1, -0.05) is 85.8 Å². The number of hydrogen-bond donors (Lipinski definition) is 1. The first-order valence-corrected chi connectivity index (χ1v) is 13.7. The van der Waals surface area contributed by atoms with Crippen molar-refractivity contribution in [2.45, 2.75) is 105 Å². The van der Waals surface area contributed by atoms with E-state index < -0.39 is 9.04 Å². The first kappa shape index (κ1) is 23.5.